The zero-order valence-corrected chi connectivity index (χ0v) is 6.21. The Balaban J connectivity index is 3.07. The summed E-state index contributed by atoms with van der Waals surface area (Å²) in [5.74, 6) is -0.621. The van der Waals surface area contributed by atoms with E-state index in [0.29, 0.717) is 0 Å². The van der Waals surface area contributed by atoms with E-state index in [2.05, 4.69) is 15.2 Å². The molecular weight excluding hydrogens is 163 g/mol. The van der Waals surface area contributed by atoms with Crippen LogP contribution in [0.2, 0.25) is 0 Å². The SMILES string of the molecule is Cc1nn2nc[nH]c(=O)c2c1F. The molecule has 0 atom stereocenters. The Kier molecular flexibility index (Phi) is 1.24. The second kappa shape index (κ2) is 2.13. The van der Waals surface area contributed by atoms with Gasteiger partial charge in [0.1, 0.15) is 6.33 Å². The van der Waals surface area contributed by atoms with Crippen molar-refractivity contribution in [1.29, 1.82) is 0 Å². The van der Waals surface area contributed by atoms with Crippen LogP contribution in [0.1, 0.15) is 5.69 Å². The Morgan fingerprint density at radius 3 is 3.08 bits per heavy atom. The predicted molar refractivity (Wildman–Crippen MR) is 38.3 cm³/mol. The number of fused-ring (bicyclic) bond motifs is 1. The molecule has 0 fully saturated rings. The molecule has 2 heterocycles. The minimum Gasteiger partial charge on any atom is -0.310 e. The van der Waals surface area contributed by atoms with Crippen LogP contribution in [0, 0.1) is 12.7 Å². The van der Waals surface area contributed by atoms with Gasteiger partial charge in [0.15, 0.2) is 11.3 Å². The Bertz CT molecular complexity index is 486. The maximum atomic E-state index is 13.1. The lowest BCUT2D eigenvalue weighted by molar-refractivity contribution is 0.627. The first-order valence-corrected chi connectivity index (χ1v) is 3.29. The van der Waals surface area contributed by atoms with Crippen LogP contribution < -0.4 is 5.56 Å². The van der Waals surface area contributed by atoms with Crippen molar-refractivity contribution >= 4 is 5.52 Å². The first kappa shape index (κ1) is 6.96. The number of hydrogen-bond donors (Lipinski definition) is 1. The van der Waals surface area contributed by atoms with Gasteiger partial charge in [-0.25, -0.2) is 4.39 Å². The van der Waals surface area contributed by atoms with E-state index in [4.69, 9.17) is 0 Å². The quantitative estimate of drug-likeness (QED) is 0.595. The summed E-state index contributed by atoms with van der Waals surface area (Å²) in [6.07, 6.45) is 1.17. The molecule has 0 spiro atoms. The van der Waals surface area contributed by atoms with Crippen LogP contribution in [0.4, 0.5) is 4.39 Å². The summed E-state index contributed by atoms with van der Waals surface area (Å²) in [5, 5.41) is 7.32. The van der Waals surface area contributed by atoms with E-state index in [-0.39, 0.29) is 11.2 Å². The van der Waals surface area contributed by atoms with E-state index in [1.807, 2.05) is 0 Å². The van der Waals surface area contributed by atoms with Crippen molar-refractivity contribution < 1.29 is 4.39 Å². The van der Waals surface area contributed by atoms with E-state index in [1.165, 1.54) is 13.3 Å². The Labute approximate surface area is 65.8 Å². The fourth-order valence-corrected chi connectivity index (χ4v) is 0.980. The van der Waals surface area contributed by atoms with Crippen LogP contribution in [0.15, 0.2) is 11.1 Å². The first-order chi connectivity index (χ1) is 5.70. The number of H-pyrrole nitrogens is 1. The standard InChI is InChI=1S/C6H5FN4O/c1-3-4(7)5-6(12)8-2-9-11(5)10-3/h2H,1H3,(H,8,9,12). The zero-order valence-electron chi connectivity index (χ0n) is 6.21. The zero-order chi connectivity index (χ0) is 8.72. The lowest BCUT2D eigenvalue weighted by Gasteiger charge is -1.86. The first-order valence-electron chi connectivity index (χ1n) is 3.29. The third-order valence-corrected chi connectivity index (χ3v) is 1.55. The molecule has 2 rings (SSSR count). The molecule has 1 N–H and O–H groups in total. The molecule has 2 aromatic heterocycles. The Morgan fingerprint density at radius 2 is 2.42 bits per heavy atom. The second-order valence-corrected chi connectivity index (χ2v) is 2.36. The van der Waals surface area contributed by atoms with E-state index in [0.717, 1.165) is 4.63 Å². The van der Waals surface area contributed by atoms with Crippen LogP contribution >= 0.6 is 0 Å². The van der Waals surface area contributed by atoms with Gasteiger partial charge in [-0.2, -0.15) is 5.10 Å². The minimum absolute atomic E-state index is 0.144. The molecule has 0 saturated heterocycles. The molecule has 0 aliphatic carbocycles. The van der Waals surface area contributed by atoms with E-state index in [1.54, 1.807) is 0 Å². The molecule has 12 heavy (non-hydrogen) atoms. The minimum atomic E-state index is -0.621. The topological polar surface area (TPSA) is 63.1 Å². The van der Waals surface area contributed by atoms with Gasteiger partial charge in [0.25, 0.3) is 5.56 Å². The number of halogens is 1. The average molecular weight is 168 g/mol. The number of rotatable bonds is 0. The molecular formula is C6H5FN4O. The molecule has 62 valence electrons. The maximum absolute atomic E-state index is 13.1. The van der Waals surface area contributed by atoms with Gasteiger partial charge in [0.05, 0.1) is 5.69 Å². The highest BCUT2D eigenvalue weighted by Gasteiger charge is 2.11. The van der Waals surface area contributed by atoms with Crippen molar-refractivity contribution in [3.63, 3.8) is 0 Å². The number of aromatic nitrogens is 4. The molecule has 0 amide bonds. The largest absolute Gasteiger partial charge is 0.310 e. The van der Waals surface area contributed by atoms with E-state index < -0.39 is 11.4 Å². The van der Waals surface area contributed by atoms with Crippen LogP contribution in [-0.4, -0.2) is 19.8 Å². The summed E-state index contributed by atoms with van der Waals surface area (Å²) in [5.41, 5.74) is -0.502. The molecule has 5 nitrogen and oxygen atoms in total. The molecule has 0 aliphatic heterocycles. The van der Waals surface area contributed by atoms with Gasteiger partial charge in [-0.1, -0.05) is 0 Å². The highest BCUT2D eigenvalue weighted by Crippen LogP contribution is 2.05. The van der Waals surface area contributed by atoms with Crippen molar-refractivity contribution in [1.82, 2.24) is 19.8 Å². The highest BCUT2D eigenvalue weighted by molar-refractivity contribution is 5.45. The summed E-state index contributed by atoms with van der Waals surface area (Å²) in [4.78, 5) is 13.3. The van der Waals surface area contributed by atoms with Crippen LogP contribution in [-0.2, 0) is 0 Å². The average Bonchev–Trinajstić information content (AvgIpc) is 2.29. The van der Waals surface area contributed by atoms with Gasteiger partial charge in [-0.05, 0) is 6.92 Å². The van der Waals surface area contributed by atoms with E-state index >= 15 is 0 Å². The molecule has 0 saturated carbocycles. The second-order valence-electron chi connectivity index (χ2n) is 2.36. The fourth-order valence-electron chi connectivity index (χ4n) is 0.980. The van der Waals surface area contributed by atoms with E-state index in [9.17, 15) is 9.18 Å². The smallest absolute Gasteiger partial charge is 0.280 e. The molecule has 0 bridgehead atoms. The third kappa shape index (κ3) is 0.744. The van der Waals surface area contributed by atoms with Gasteiger partial charge in [0.2, 0.25) is 0 Å². The van der Waals surface area contributed by atoms with Crippen molar-refractivity contribution in [3.8, 4) is 0 Å². The van der Waals surface area contributed by atoms with Crippen molar-refractivity contribution in [2.75, 3.05) is 0 Å². The number of nitrogens with zero attached hydrogens (tertiary/aromatic N) is 3. The summed E-state index contributed by atoms with van der Waals surface area (Å²) < 4.78 is 14.1. The number of nitrogens with one attached hydrogen (secondary N) is 1. The highest BCUT2D eigenvalue weighted by atomic mass is 19.1. The van der Waals surface area contributed by atoms with Crippen LogP contribution in [0.3, 0.4) is 0 Å². The van der Waals surface area contributed by atoms with Gasteiger partial charge < -0.3 is 4.98 Å². The van der Waals surface area contributed by atoms with Crippen LogP contribution in [0.5, 0.6) is 0 Å². The lowest BCUT2D eigenvalue weighted by Crippen LogP contribution is -2.11. The van der Waals surface area contributed by atoms with Crippen LogP contribution in [0.25, 0.3) is 5.52 Å². The van der Waals surface area contributed by atoms with Gasteiger partial charge in [0, 0.05) is 0 Å². The molecule has 6 heteroatoms. The maximum Gasteiger partial charge on any atom is 0.280 e. The fraction of sp³-hybridized carbons (Fsp3) is 0.167. The number of aromatic amines is 1. The number of aryl methyl sites for hydroxylation is 1. The van der Waals surface area contributed by atoms with Gasteiger partial charge in [-0.15, -0.1) is 9.73 Å². The summed E-state index contributed by atoms with van der Waals surface area (Å²) in [6.45, 7) is 1.48. The van der Waals surface area contributed by atoms with Gasteiger partial charge >= 0.3 is 0 Å². The molecule has 2 aromatic rings. The summed E-state index contributed by atoms with van der Waals surface area (Å²) in [6, 6.07) is 0. The Morgan fingerprint density at radius 1 is 1.67 bits per heavy atom. The van der Waals surface area contributed by atoms with Crippen molar-refractivity contribution in [2.45, 2.75) is 6.92 Å². The summed E-state index contributed by atoms with van der Waals surface area (Å²) >= 11 is 0. The van der Waals surface area contributed by atoms with Crippen molar-refractivity contribution in [3.05, 3.63) is 28.2 Å². The van der Waals surface area contributed by atoms with Gasteiger partial charge in [-0.3, -0.25) is 4.79 Å². The molecule has 0 aliphatic rings. The molecule has 0 unspecified atom stereocenters. The Hall–Kier alpha value is -1.72. The summed E-state index contributed by atoms with van der Waals surface area (Å²) in [7, 11) is 0. The third-order valence-electron chi connectivity index (χ3n) is 1.55. The van der Waals surface area contributed by atoms with Crippen molar-refractivity contribution in [2.24, 2.45) is 0 Å². The molecule has 0 radical (unpaired) electrons. The normalized spacial score (nSPS) is 10.8. The molecule has 0 aromatic carbocycles. The predicted octanol–water partition coefficient (Wildman–Crippen LogP) is -0.135. The lowest BCUT2D eigenvalue weighted by atomic mass is 10.4. The number of hydrogen-bond acceptors (Lipinski definition) is 3. The monoisotopic (exact) mass is 168 g/mol.